The number of halogens is 1. The van der Waals surface area contributed by atoms with Crippen molar-refractivity contribution in [3.05, 3.63) is 53.6 Å². The van der Waals surface area contributed by atoms with Crippen LogP contribution in [0.3, 0.4) is 0 Å². The van der Waals surface area contributed by atoms with E-state index < -0.39 is 17.7 Å². The van der Waals surface area contributed by atoms with Crippen molar-refractivity contribution in [3.63, 3.8) is 0 Å². The van der Waals surface area contributed by atoms with E-state index >= 15 is 0 Å². The minimum atomic E-state index is -0.588. The summed E-state index contributed by atoms with van der Waals surface area (Å²) in [6, 6.07) is 14.6. The van der Waals surface area contributed by atoms with Gasteiger partial charge in [0.25, 0.3) is 0 Å². The van der Waals surface area contributed by atoms with Crippen LogP contribution in [0.4, 0.5) is 10.5 Å². The van der Waals surface area contributed by atoms with Crippen molar-refractivity contribution in [2.45, 2.75) is 45.3 Å². The molecule has 0 aliphatic carbocycles. The van der Waals surface area contributed by atoms with Gasteiger partial charge in [0.2, 0.25) is 5.91 Å². The van der Waals surface area contributed by atoms with E-state index in [0.717, 1.165) is 17.5 Å². The zero-order chi connectivity index (χ0) is 20.3. The second-order valence-corrected chi connectivity index (χ2v) is 8.29. The van der Waals surface area contributed by atoms with Gasteiger partial charge in [0.15, 0.2) is 0 Å². The Kier molecular flexibility index (Phi) is 5.94. The molecule has 1 heterocycles. The molecule has 0 saturated carbocycles. The fraction of sp³-hybridized carbons (Fsp3) is 0.364. The average molecular weight is 401 g/mol. The van der Waals surface area contributed by atoms with Gasteiger partial charge in [-0.3, -0.25) is 9.69 Å². The molecule has 1 atom stereocenters. The van der Waals surface area contributed by atoms with E-state index in [1.54, 1.807) is 0 Å². The minimum Gasteiger partial charge on any atom is -0.444 e. The molecule has 2 aromatic carbocycles. The summed E-state index contributed by atoms with van der Waals surface area (Å²) in [5, 5.41) is 3.58. The Balaban J connectivity index is 1.67. The standard InChI is InChI=1S/C22H25ClN2O3/c1-22(2,3)28-21(27)25-14-6-9-19(25)20(26)24-16-12-10-15(11-13-16)17-7-4-5-8-18(17)23/h4-5,7-8,10-13,19H,6,9,14H2,1-3H3,(H,24,26)/t19-/m1/s1. The molecule has 1 aliphatic rings. The van der Waals surface area contributed by atoms with Gasteiger partial charge in [0.1, 0.15) is 11.6 Å². The molecule has 2 aromatic rings. The number of likely N-dealkylation sites (tertiary alicyclic amines) is 1. The molecule has 28 heavy (non-hydrogen) atoms. The molecule has 0 spiro atoms. The first-order chi connectivity index (χ1) is 13.2. The molecule has 5 nitrogen and oxygen atoms in total. The van der Waals surface area contributed by atoms with Crippen molar-refractivity contribution in [1.29, 1.82) is 0 Å². The van der Waals surface area contributed by atoms with E-state index in [0.29, 0.717) is 23.7 Å². The van der Waals surface area contributed by atoms with Crippen LogP contribution in [0, 0.1) is 0 Å². The van der Waals surface area contributed by atoms with Crippen LogP contribution in [-0.4, -0.2) is 35.1 Å². The molecule has 1 N–H and O–H groups in total. The van der Waals surface area contributed by atoms with Gasteiger partial charge in [-0.2, -0.15) is 0 Å². The van der Waals surface area contributed by atoms with Crippen molar-refractivity contribution >= 4 is 29.3 Å². The Bertz CT molecular complexity index is 859. The summed E-state index contributed by atoms with van der Waals surface area (Å²) in [4.78, 5) is 26.6. The van der Waals surface area contributed by atoms with Crippen LogP contribution < -0.4 is 5.32 Å². The highest BCUT2D eigenvalue weighted by atomic mass is 35.5. The maximum Gasteiger partial charge on any atom is 0.410 e. The number of benzene rings is 2. The maximum absolute atomic E-state index is 12.7. The zero-order valence-corrected chi connectivity index (χ0v) is 17.1. The molecule has 3 rings (SSSR count). The molecule has 0 unspecified atom stereocenters. The molecule has 1 aliphatic heterocycles. The summed E-state index contributed by atoms with van der Waals surface area (Å²) in [5.74, 6) is -0.200. The van der Waals surface area contributed by atoms with Crippen LogP contribution in [0.15, 0.2) is 48.5 Å². The van der Waals surface area contributed by atoms with Crippen molar-refractivity contribution in [2.75, 3.05) is 11.9 Å². The van der Waals surface area contributed by atoms with Crippen LogP contribution in [0.2, 0.25) is 5.02 Å². The summed E-state index contributed by atoms with van der Waals surface area (Å²) in [5.41, 5.74) is 2.00. The Morgan fingerprint density at radius 1 is 1.11 bits per heavy atom. The van der Waals surface area contributed by atoms with Crippen LogP contribution in [0.25, 0.3) is 11.1 Å². The third kappa shape index (κ3) is 4.84. The molecular formula is C22H25ClN2O3. The number of carbonyl (C=O) groups is 2. The van der Waals surface area contributed by atoms with Crippen LogP contribution in [0.5, 0.6) is 0 Å². The molecule has 2 amide bonds. The topological polar surface area (TPSA) is 58.6 Å². The van der Waals surface area contributed by atoms with E-state index in [4.69, 9.17) is 16.3 Å². The highest BCUT2D eigenvalue weighted by molar-refractivity contribution is 6.33. The third-order valence-corrected chi connectivity index (χ3v) is 4.85. The first-order valence-corrected chi connectivity index (χ1v) is 9.78. The van der Waals surface area contributed by atoms with E-state index in [2.05, 4.69) is 5.32 Å². The first-order valence-electron chi connectivity index (χ1n) is 9.40. The van der Waals surface area contributed by atoms with E-state index in [1.807, 2.05) is 69.3 Å². The Hall–Kier alpha value is -2.53. The SMILES string of the molecule is CC(C)(C)OC(=O)N1CCC[C@@H]1C(=O)Nc1ccc(-c2ccccc2Cl)cc1. The van der Waals surface area contributed by atoms with E-state index in [1.165, 1.54) is 4.90 Å². The molecule has 1 saturated heterocycles. The third-order valence-electron chi connectivity index (χ3n) is 4.52. The number of carbonyl (C=O) groups excluding carboxylic acids is 2. The predicted octanol–water partition coefficient (Wildman–Crippen LogP) is 5.35. The van der Waals surface area contributed by atoms with Gasteiger partial charge in [-0.1, -0.05) is 41.9 Å². The number of anilines is 1. The lowest BCUT2D eigenvalue weighted by Crippen LogP contribution is -2.45. The van der Waals surface area contributed by atoms with Crippen molar-refractivity contribution in [1.82, 2.24) is 4.90 Å². The summed E-state index contributed by atoms with van der Waals surface area (Å²) in [6.07, 6.45) is 0.963. The van der Waals surface area contributed by atoms with Gasteiger partial charge < -0.3 is 10.1 Å². The van der Waals surface area contributed by atoms with Gasteiger partial charge in [0.05, 0.1) is 0 Å². The first kappa shape index (κ1) is 20.2. The monoisotopic (exact) mass is 400 g/mol. The van der Waals surface area contributed by atoms with E-state index in [-0.39, 0.29) is 5.91 Å². The second kappa shape index (κ2) is 8.23. The highest BCUT2D eigenvalue weighted by Crippen LogP contribution is 2.29. The molecule has 0 bridgehead atoms. The molecule has 1 fully saturated rings. The number of rotatable bonds is 3. The summed E-state index contributed by atoms with van der Waals surface area (Å²) >= 11 is 6.24. The highest BCUT2D eigenvalue weighted by Gasteiger charge is 2.36. The van der Waals surface area contributed by atoms with Crippen LogP contribution in [0.1, 0.15) is 33.6 Å². The quantitative estimate of drug-likeness (QED) is 0.755. The number of nitrogens with zero attached hydrogens (tertiary/aromatic N) is 1. The largest absolute Gasteiger partial charge is 0.444 e. The number of amides is 2. The van der Waals surface area contributed by atoms with Gasteiger partial charge in [-0.05, 0) is 57.4 Å². The normalized spacial score (nSPS) is 16.7. The number of nitrogens with one attached hydrogen (secondary N) is 1. The lowest BCUT2D eigenvalue weighted by atomic mass is 10.1. The smallest absolute Gasteiger partial charge is 0.410 e. The van der Waals surface area contributed by atoms with Gasteiger partial charge in [0, 0.05) is 22.8 Å². The Morgan fingerprint density at radius 2 is 1.79 bits per heavy atom. The molecule has 0 radical (unpaired) electrons. The molecule has 148 valence electrons. The lowest BCUT2D eigenvalue weighted by Gasteiger charge is -2.28. The van der Waals surface area contributed by atoms with Crippen molar-refractivity contribution in [3.8, 4) is 11.1 Å². The fourth-order valence-electron chi connectivity index (χ4n) is 3.23. The number of hydrogen-bond acceptors (Lipinski definition) is 3. The Labute approximate surface area is 170 Å². The van der Waals surface area contributed by atoms with Crippen molar-refractivity contribution < 1.29 is 14.3 Å². The van der Waals surface area contributed by atoms with Crippen LogP contribution in [-0.2, 0) is 9.53 Å². The lowest BCUT2D eigenvalue weighted by molar-refractivity contribution is -0.120. The van der Waals surface area contributed by atoms with Crippen molar-refractivity contribution in [2.24, 2.45) is 0 Å². The molecular weight excluding hydrogens is 376 g/mol. The van der Waals surface area contributed by atoms with Gasteiger partial charge in [-0.15, -0.1) is 0 Å². The molecule has 6 heteroatoms. The summed E-state index contributed by atoms with van der Waals surface area (Å²) in [7, 11) is 0. The zero-order valence-electron chi connectivity index (χ0n) is 16.4. The van der Waals surface area contributed by atoms with Gasteiger partial charge in [-0.25, -0.2) is 4.79 Å². The van der Waals surface area contributed by atoms with Gasteiger partial charge >= 0.3 is 6.09 Å². The fourth-order valence-corrected chi connectivity index (χ4v) is 3.48. The number of ether oxygens (including phenoxy) is 1. The van der Waals surface area contributed by atoms with Crippen LogP contribution >= 0.6 is 11.6 Å². The average Bonchev–Trinajstić information content (AvgIpc) is 3.12. The molecule has 0 aromatic heterocycles. The maximum atomic E-state index is 12.7. The summed E-state index contributed by atoms with van der Waals surface area (Å²) in [6.45, 7) is 5.97. The summed E-state index contributed by atoms with van der Waals surface area (Å²) < 4.78 is 5.42. The second-order valence-electron chi connectivity index (χ2n) is 7.88. The van der Waals surface area contributed by atoms with E-state index in [9.17, 15) is 9.59 Å². The Morgan fingerprint density at radius 3 is 2.43 bits per heavy atom. The number of hydrogen-bond donors (Lipinski definition) is 1. The minimum absolute atomic E-state index is 0.200. The predicted molar refractivity (Wildman–Crippen MR) is 111 cm³/mol.